The van der Waals surface area contributed by atoms with Gasteiger partial charge in [0.2, 0.25) is 5.91 Å². The number of rotatable bonds is 3. The number of nitrogens with zero attached hydrogens (tertiary/aromatic N) is 1. The average Bonchev–Trinajstić information content (AvgIpc) is 2.54. The maximum absolute atomic E-state index is 12.4. The summed E-state index contributed by atoms with van der Waals surface area (Å²) >= 11 is 0. The third-order valence-electron chi connectivity index (χ3n) is 3.92. The Hall–Kier alpha value is -1.91. The van der Waals surface area contributed by atoms with Crippen LogP contribution in [0.25, 0.3) is 10.8 Å². The Morgan fingerprint density at radius 1 is 1.24 bits per heavy atom. The molecule has 0 radical (unpaired) electrons. The fourth-order valence-electron chi connectivity index (χ4n) is 2.72. The van der Waals surface area contributed by atoms with Crippen molar-refractivity contribution in [1.82, 2.24) is 4.90 Å². The topological polar surface area (TPSA) is 55.6 Å². The Morgan fingerprint density at radius 2 is 2.05 bits per heavy atom. The molecule has 0 aromatic heterocycles. The van der Waals surface area contributed by atoms with Crippen LogP contribution in [0, 0.1) is 0 Å². The van der Waals surface area contributed by atoms with E-state index in [2.05, 4.69) is 24.3 Å². The van der Waals surface area contributed by atoms with E-state index >= 15 is 0 Å². The predicted octanol–water partition coefficient (Wildman–Crippen LogP) is 1.57. The molecular formula is C17H20N2O2. The zero-order valence-corrected chi connectivity index (χ0v) is 12.0. The van der Waals surface area contributed by atoms with Gasteiger partial charge in [-0.05, 0) is 16.3 Å². The van der Waals surface area contributed by atoms with Gasteiger partial charge in [-0.1, -0.05) is 42.5 Å². The van der Waals surface area contributed by atoms with Gasteiger partial charge in [0, 0.05) is 19.6 Å². The fourth-order valence-corrected chi connectivity index (χ4v) is 2.72. The van der Waals surface area contributed by atoms with Crippen molar-refractivity contribution in [3.63, 3.8) is 0 Å². The van der Waals surface area contributed by atoms with Crippen LogP contribution in [0.15, 0.2) is 42.5 Å². The minimum absolute atomic E-state index is 0.0284. The molecule has 0 saturated carbocycles. The number of ether oxygens (including phenoxy) is 1. The van der Waals surface area contributed by atoms with E-state index in [0.29, 0.717) is 32.7 Å². The van der Waals surface area contributed by atoms with Crippen molar-refractivity contribution in [2.24, 2.45) is 5.73 Å². The van der Waals surface area contributed by atoms with Crippen LogP contribution in [-0.4, -0.2) is 43.2 Å². The quantitative estimate of drug-likeness (QED) is 0.931. The summed E-state index contributed by atoms with van der Waals surface area (Å²) in [6.07, 6.45) is 0.404. The normalized spacial score (nSPS) is 18.9. The number of hydrogen-bond acceptors (Lipinski definition) is 3. The lowest BCUT2D eigenvalue weighted by Crippen LogP contribution is -2.48. The first-order chi connectivity index (χ1) is 10.3. The number of amides is 1. The van der Waals surface area contributed by atoms with E-state index in [4.69, 9.17) is 10.5 Å². The number of carbonyl (C=O) groups excluding carboxylic acids is 1. The van der Waals surface area contributed by atoms with Gasteiger partial charge in [-0.25, -0.2) is 0 Å². The lowest BCUT2D eigenvalue weighted by molar-refractivity contribution is -0.137. The molecule has 4 nitrogen and oxygen atoms in total. The lowest BCUT2D eigenvalue weighted by Gasteiger charge is -2.32. The molecule has 110 valence electrons. The van der Waals surface area contributed by atoms with Gasteiger partial charge < -0.3 is 15.4 Å². The first-order valence-electron chi connectivity index (χ1n) is 7.33. The van der Waals surface area contributed by atoms with E-state index < -0.39 is 0 Å². The minimum Gasteiger partial charge on any atom is -0.373 e. The van der Waals surface area contributed by atoms with Crippen molar-refractivity contribution in [1.29, 1.82) is 0 Å². The lowest BCUT2D eigenvalue weighted by atomic mass is 10.0. The summed E-state index contributed by atoms with van der Waals surface area (Å²) in [6, 6.07) is 14.4. The zero-order valence-electron chi connectivity index (χ0n) is 12.0. The summed E-state index contributed by atoms with van der Waals surface area (Å²) in [4.78, 5) is 14.3. The van der Waals surface area contributed by atoms with Gasteiger partial charge in [-0.2, -0.15) is 0 Å². The largest absolute Gasteiger partial charge is 0.373 e. The monoisotopic (exact) mass is 284 g/mol. The van der Waals surface area contributed by atoms with E-state index in [1.807, 2.05) is 23.1 Å². The third kappa shape index (κ3) is 3.23. The number of hydrogen-bond donors (Lipinski definition) is 1. The van der Waals surface area contributed by atoms with Crippen LogP contribution in [0.3, 0.4) is 0 Å². The Bertz CT molecular complexity index is 641. The predicted molar refractivity (Wildman–Crippen MR) is 83.0 cm³/mol. The van der Waals surface area contributed by atoms with E-state index in [-0.39, 0.29) is 12.0 Å². The van der Waals surface area contributed by atoms with Crippen LogP contribution in [0.5, 0.6) is 0 Å². The van der Waals surface area contributed by atoms with E-state index in [9.17, 15) is 4.79 Å². The summed E-state index contributed by atoms with van der Waals surface area (Å²) in [5.41, 5.74) is 6.67. The van der Waals surface area contributed by atoms with Crippen LogP contribution in [-0.2, 0) is 16.0 Å². The van der Waals surface area contributed by atoms with Gasteiger partial charge in [-0.15, -0.1) is 0 Å². The van der Waals surface area contributed by atoms with E-state index in [0.717, 1.165) is 5.56 Å². The molecule has 4 heteroatoms. The van der Waals surface area contributed by atoms with Crippen molar-refractivity contribution < 1.29 is 9.53 Å². The highest BCUT2D eigenvalue weighted by molar-refractivity contribution is 5.85. The Morgan fingerprint density at radius 3 is 2.86 bits per heavy atom. The number of benzene rings is 2. The van der Waals surface area contributed by atoms with Crippen LogP contribution in [0.2, 0.25) is 0 Å². The maximum atomic E-state index is 12.4. The number of fused-ring (bicyclic) bond motifs is 1. The molecule has 1 aliphatic rings. The van der Waals surface area contributed by atoms with Gasteiger partial charge in [0.25, 0.3) is 0 Å². The molecule has 2 aromatic rings. The van der Waals surface area contributed by atoms with Crippen molar-refractivity contribution >= 4 is 16.7 Å². The molecule has 1 fully saturated rings. The second kappa shape index (κ2) is 6.24. The Kier molecular flexibility index (Phi) is 4.18. The highest BCUT2D eigenvalue weighted by Crippen LogP contribution is 2.17. The molecule has 0 bridgehead atoms. The fraction of sp³-hybridized carbons (Fsp3) is 0.353. The van der Waals surface area contributed by atoms with Crippen LogP contribution in [0.1, 0.15) is 5.56 Å². The zero-order chi connectivity index (χ0) is 14.7. The second-order valence-electron chi connectivity index (χ2n) is 5.43. The SMILES string of the molecule is NCC1CN(C(=O)Cc2ccc3ccccc3c2)CCO1. The van der Waals surface area contributed by atoms with Crippen LogP contribution in [0.4, 0.5) is 0 Å². The molecule has 3 rings (SSSR count). The van der Waals surface area contributed by atoms with Gasteiger partial charge in [0.05, 0.1) is 19.1 Å². The standard InChI is InChI=1S/C17H20N2O2/c18-11-16-12-19(7-8-21-16)17(20)10-13-5-6-14-3-1-2-4-15(14)9-13/h1-6,9,16H,7-8,10-12,18H2. The molecule has 2 N–H and O–H groups in total. The summed E-state index contributed by atoms with van der Waals surface area (Å²) in [5.74, 6) is 0.145. The molecule has 0 spiro atoms. The Balaban J connectivity index is 1.70. The molecule has 1 amide bonds. The average molecular weight is 284 g/mol. The smallest absolute Gasteiger partial charge is 0.227 e. The first-order valence-corrected chi connectivity index (χ1v) is 7.33. The first kappa shape index (κ1) is 14.0. The molecule has 1 atom stereocenters. The van der Waals surface area contributed by atoms with Crippen molar-refractivity contribution in [3.05, 3.63) is 48.0 Å². The number of nitrogens with two attached hydrogens (primary N) is 1. The maximum Gasteiger partial charge on any atom is 0.227 e. The summed E-state index contributed by atoms with van der Waals surface area (Å²) in [6.45, 7) is 2.29. The second-order valence-corrected chi connectivity index (χ2v) is 5.43. The highest BCUT2D eigenvalue weighted by Gasteiger charge is 2.23. The van der Waals surface area contributed by atoms with Crippen molar-refractivity contribution in [2.45, 2.75) is 12.5 Å². The molecule has 2 aromatic carbocycles. The summed E-state index contributed by atoms with van der Waals surface area (Å²) in [7, 11) is 0. The molecule has 0 aliphatic carbocycles. The van der Waals surface area contributed by atoms with E-state index in [1.165, 1.54) is 10.8 Å². The molecule has 1 unspecified atom stereocenters. The van der Waals surface area contributed by atoms with Gasteiger partial charge in [0.1, 0.15) is 0 Å². The number of carbonyl (C=O) groups is 1. The molecule has 21 heavy (non-hydrogen) atoms. The van der Waals surface area contributed by atoms with Crippen LogP contribution >= 0.6 is 0 Å². The van der Waals surface area contributed by atoms with Crippen LogP contribution < -0.4 is 5.73 Å². The van der Waals surface area contributed by atoms with E-state index in [1.54, 1.807) is 0 Å². The molecule has 1 saturated heterocycles. The Labute approximate surface area is 124 Å². The number of morpholine rings is 1. The molecular weight excluding hydrogens is 264 g/mol. The van der Waals surface area contributed by atoms with Crippen molar-refractivity contribution in [2.75, 3.05) is 26.2 Å². The van der Waals surface area contributed by atoms with Gasteiger partial charge in [-0.3, -0.25) is 4.79 Å². The molecule has 1 aliphatic heterocycles. The van der Waals surface area contributed by atoms with Gasteiger partial charge >= 0.3 is 0 Å². The summed E-state index contributed by atoms with van der Waals surface area (Å²) < 4.78 is 5.50. The van der Waals surface area contributed by atoms with Crippen molar-refractivity contribution in [3.8, 4) is 0 Å². The summed E-state index contributed by atoms with van der Waals surface area (Å²) in [5, 5.41) is 2.37. The highest BCUT2D eigenvalue weighted by atomic mass is 16.5. The molecule has 1 heterocycles. The minimum atomic E-state index is -0.0284. The third-order valence-corrected chi connectivity index (χ3v) is 3.92. The van der Waals surface area contributed by atoms with Gasteiger partial charge in [0.15, 0.2) is 0 Å².